The van der Waals surface area contributed by atoms with Crippen LogP contribution in [-0.2, 0) is 10.0 Å². The molecule has 2 aliphatic rings. The SMILES string of the molecule is O=S(=O)(c1ccccc1)N1C[C@H](c2ccccc2)[C@@H](N2CCC(c3ccccc3)CC2)C1. The van der Waals surface area contributed by atoms with Crippen LogP contribution >= 0.6 is 0 Å². The van der Waals surface area contributed by atoms with E-state index in [1.54, 1.807) is 28.6 Å². The predicted octanol–water partition coefficient (Wildman–Crippen LogP) is 4.72. The molecule has 5 rings (SSSR count). The Hall–Kier alpha value is -2.47. The fourth-order valence-corrected chi connectivity index (χ4v) is 6.88. The van der Waals surface area contributed by atoms with Crippen molar-refractivity contribution >= 4 is 10.0 Å². The minimum atomic E-state index is -3.50. The molecule has 0 aliphatic carbocycles. The van der Waals surface area contributed by atoms with Gasteiger partial charge in [0.25, 0.3) is 0 Å². The van der Waals surface area contributed by atoms with Crippen LogP contribution in [-0.4, -0.2) is 49.8 Å². The molecule has 0 amide bonds. The van der Waals surface area contributed by atoms with Crippen LogP contribution in [0.1, 0.15) is 35.8 Å². The van der Waals surface area contributed by atoms with Crippen molar-refractivity contribution < 1.29 is 8.42 Å². The van der Waals surface area contributed by atoms with Gasteiger partial charge in [0, 0.05) is 25.0 Å². The molecule has 5 heteroatoms. The summed E-state index contributed by atoms with van der Waals surface area (Å²) in [5, 5.41) is 0. The summed E-state index contributed by atoms with van der Waals surface area (Å²) in [5.41, 5.74) is 2.65. The first-order chi connectivity index (χ1) is 15.6. The van der Waals surface area contributed by atoms with Gasteiger partial charge in [0.05, 0.1) is 4.90 Å². The van der Waals surface area contributed by atoms with Crippen molar-refractivity contribution in [1.29, 1.82) is 0 Å². The second-order valence-corrected chi connectivity index (χ2v) is 10.9. The lowest BCUT2D eigenvalue weighted by Gasteiger charge is -2.38. The Bertz CT molecular complexity index is 1110. The topological polar surface area (TPSA) is 40.6 Å². The van der Waals surface area contributed by atoms with Gasteiger partial charge in [-0.3, -0.25) is 4.90 Å². The molecule has 0 saturated carbocycles. The zero-order valence-corrected chi connectivity index (χ0v) is 19.1. The highest BCUT2D eigenvalue weighted by Gasteiger charge is 2.43. The Morgan fingerprint density at radius 2 is 1.19 bits per heavy atom. The molecular weight excluding hydrogens is 416 g/mol. The number of hydrogen-bond donors (Lipinski definition) is 0. The van der Waals surface area contributed by atoms with Crippen molar-refractivity contribution in [3.63, 3.8) is 0 Å². The van der Waals surface area contributed by atoms with E-state index < -0.39 is 10.0 Å². The lowest BCUT2D eigenvalue weighted by Crippen LogP contribution is -2.45. The summed E-state index contributed by atoms with van der Waals surface area (Å²) in [6.07, 6.45) is 2.24. The maximum atomic E-state index is 13.4. The molecule has 0 spiro atoms. The van der Waals surface area contributed by atoms with E-state index in [4.69, 9.17) is 0 Å². The minimum Gasteiger partial charge on any atom is -0.298 e. The number of rotatable bonds is 5. The zero-order valence-electron chi connectivity index (χ0n) is 18.3. The Morgan fingerprint density at radius 1 is 0.656 bits per heavy atom. The third-order valence-electron chi connectivity index (χ3n) is 7.13. The van der Waals surface area contributed by atoms with E-state index in [9.17, 15) is 8.42 Å². The molecule has 2 saturated heterocycles. The van der Waals surface area contributed by atoms with Crippen LogP contribution in [0, 0.1) is 0 Å². The maximum absolute atomic E-state index is 13.4. The molecule has 0 aromatic heterocycles. The fraction of sp³-hybridized carbons (Fsp3) is 0.333. The van der Waals surface area contributed by atoms with Gasteiger partial charge in [-0.1, -0.05) is 78.9 Å². The van der Waals surface area contributed by atoms with Gasteiger partial charge in [0.2, 0.25) is 10.0 Å². The lowest BCUT2D eigenvalue weighted by atomic mass is 9.87. The quantitative estimate of drug-likeness (QED) is 0.569. The van der Waals surface area contributed by atoms with Crippen molar-refractivity contribution in [2.45, 2.75) is 35.6 Å². The summed E-state index contributed by atoms with van der Waals surface area (Å²) >= 11 is 0. The number of sulfonamides is 1. The van der Waals surface area contributed by atoms with E-state index in [0.29, 0.717) is 23.9 Å². The molecule has 166 valence electrons. The highest BCUT2D eigenvalue weighted by Crippen LogP contribution is 2.37. The van der Waals surface area contributed by atoms with Crippen LogP contribution in [0.15, 0.2) is 95.9 Å². The van der Waals surface area contributed by atoms with Gasteiger partial charge in [-0.25, -0.2) is 8.42 Å². The second-order valence-electron chi connectivity index (χ2n) is 8.94. The second kappa shape index (κ2) is 9.18. The summed E-state index contributed by atoms with van der Waals surface area (Å²) < 4.78 is 28.5. The van der Waals surface area contributed by atoms with Crippen LogP contribution in [0.3, 0.4) is 0 Å². The predicted molar refractivity (Wildman–Crippen MR) is 128 cm³/mol. The van der Waals surface area contributed by atoms with E-state index in [2.05, 4.69) is 59.5 Å². The molecule has 32 heavy (non-hydrogen) atoms. The summed E-state index contributed by atoms with van der Waals surface area (Å²) in [7, 11) is -3.50. The van der Waals surface area contributed by atoms with Crippen LogP contribution in [0.4, 0.5) is 0 Å². The van der Waals surface area contributed by atoms with Crippen LogP contribution in [0.2, 0.25) is 0 Å². The average Bonchev–Trinajstić information content (AvgIpc) is 3.32. The van der Waals surface area contributed by atoms with Gasteiger partial charge in [0.15, 0.2) is 0 Å². The molecule has 2 fully saturated rings. The number of nitrogens with zero attached hydrogens (tertiary/aromatic N) is 2. The van der Waals surface area contributed by atoms with Crippen molar-refractivity contribution in [3.8, 4) is 0 Å². The molecule has 0 radical (unpaired) electrons. The van der Waals surface area contributed by atoms with Gasteiger partial charge in [-0.2, -0.15) is 4.31 Å². The monoisotopic (exact) mass is 446 g/mol. The zero-order chi connectivity index (χ0) is 22.0. The van der Waals surface area contributed by atoms with Crippen molar-refractivity contribution in [2.24, 2.45) is 0 Å². The van der Waals surface area contributed by atoms with Crippen molar-refractivity contribution in [1.82, 2.24) is 9.21 Å². The van der Waals surface area contributed by atoms with Crippen LogP contribution in [0.25, 0.3) is 0 Å². The highest BCUT2D eigenvalue weighted by atomic mass is 32.2. The summed E-state index contributed by atoms with van der Waals surface area (Å²) in [4.78, 5) is 2.92. The molecule has 2 aliphatic heterocycles. The molecule has 3 aromatic rings. The maximum Gasteiger partial charge on any atom is 0.243 e. The van der Waals surface area contributed by atoms with Gasteiger partial charge in [-0.05, 0) is 55.1 Å². The van der Waals surface area contributed by atoms with E-state index >= 15 is 0 Å². The highest BCUT2D eigenvalue weighted by molar-refractivity contribution is 7.89. The molecule has 3 aromatic carbocycles. The summed E-state index contributed by atoms with van der Waals surface area (Å²) in [6.45, 7) is 3.09. The first kappa shape index (κ1) is 21.4. The normalized spacial score (nSPS) is 23.4. The van der Waals surface area contributed by atoms with Gasteiger partial charge < -0.3 is 0 Å². The minimum absolute atomic E-state index is 0.183. The van der Waals surface area contributed by atoms with E-state index in [-0.39, 0.29) is 12.0 Å². The first-order valence-electron chi connectivity index (χ1n) is 11.5. The largest absolute Gasteiger partial charge is 0.298 e. The average molecular weight is 447 g/mol. The van der Waals surface area contributed by atoms with Crippen molar-refractivity contribution in [2.75, 3.05) is 26.2 Å². The number of likely N-dealkylation sites (tertiary alicyclic amines) is 1. The molecule has 4 nitrogen and oxygen atoms in total. The van der Waals surface area contributed by atoms with E-state index in [1.807, 2.05) is 12.1 Å². The Balaban J connectivity index is 1.37. The van der Waals surface area contributed by atoms with Crippen molar-refractivity contribution in [3.05, 3.63) is 102 Å². The Kier molecular flexibility index (Phi) is 6.13. The van der Waals surface area contributed by atoms with Gasteiger partial charge in [-0.15, -0.1) is 0 Å². The number of hydrogen-bond acceptors (Lipinski definition) is 3. The number of piperidine rings is 1. The first-order valence-corrected chi connectivity index (χ1v) is 13.0. The molecular formula is C27H30N2O2S. The molecule has 0 bridgehead atoms. The summed E-state index contributed by atoms with van der Waals surface area (Å²) in [5.74, 6) is 0.774. The third-order valence-corrected chi connectivity index (χ3v) is 8.98. The molecule has 0 N–H and O–H groups in total. The van der Waals surface area contributed by atoms with E-state index in [0.717, 1.165) is 25.9 Å². The van der Waals surface area contributed by atoms with Crippen LogP contribution in [0.5, 0.6) is 0 Å². The Labute approximate surface area is 191 Å². The number of benzene rings is 3. The van der Waals surface area contributed by atoms with Gasteiger partial charge in [0.1, 0.15) is 0 Å². The standard InChI is InChI=1S/C27H30N2O2S/c30-32(31,25-14-8-3-9-15-25)29-20-26(24-12-6-2-7-13-24)27(21-29)28-18-16-23(17-19-28)22-10-4-1-5-11-22/h1-15,23,26-27H,16-21H2/t26-,27+/m1/s1. The molecule has 0 unspecified atom stereocenters. The lowest BCUT2D eigenvalue weighted by molar-refractivity contribution is 0.148. The smallest absolute Gasteiger partial charge is 0.243 e. The Morgan fingerprint density at radius 3 is 1.78 bits per heavy atom. The summed E-state index contributed by atoms with van der Waals surface area (Å²) in [6, 6.07) is 30.3. The molecule has 2 heterocycles. The third kappa shape index (κ3) is 4.25. The van der Waals surface area contributed by atoms with Crippen LogP contribution < -0.4 is 0 Å². The molecule has 2 atom stereocenters. The van der Waals surface area contributed by atoms with E-state index in [1.165, 1.54) is 11.1 Å². The fourth-order valence-electron chi connectivity index (χ4n) is 5.38. The van der Waals surface area contributed by atoms with Gasteiger partial charge >= 0.3 is 0 Å².